The summed E-state index contributed by atoms with van der Waals surface area (Å²) in [6.07, 6.45) is 11.0. The Kier molecular flexibility index (Phi) is 6.54. The van der Waals surface area contributed by atoms with Crippen LogP contribution in [0.3, 0.4) is 0 Å². The number of benzene rings is 1. The van der Waals surface area contributed by atoms with Crippen molar-refractivity contribution < 1.29 is 0 Å². The second kappa shape index (κ2) is 8.82. The third kappa shape index (κ3) is 4.37. The van der Waals surface area contributed by atoms with Crippen LogP contribution in [0.1, 0.15) is 86.9 Å². The van der Waals surface area contributed by atoms with Crippen LogP contribution in [0.2, 0.25) is 0 Å². The fourth-order valence-corrected chi connectivity index (χ4v) is 4.73. The maximum absolute atomic E-state index is 5.91. The minimum absolute atomic E-state index is 0.0544. The largest absolute Gasteiger partial charge is 0.387 e. The molecule has 1 aromatic carbocycles. The molecule has 1 aromatic heterocycles. The van der Waals surface area contributed by atoms with E-state index in [9.17, 15) is 0 Å². The van der Waals surface area contributed by atoms with Crippen molar-refractivity contribution >= 4 is 5.84 Å². The van der Waals surface area contributed by atoms with Crippen LogP contribution < -0.4 is 5.73 Å². The summed E-state index contributed by atoms with van der Waals surface area (Å²) in [7, 11) is 0. The van der Waals surface area contributed by atoms with Crippen molar-refractivity contribution in [1.82, 2.24) is 4.98 Å². The van der Waals surface area contributed by atoms with Crippen molar-refractivity contribution in [1.29, 1.82) is 0 Å². The first-order valence-electron chi connectivity index (χ1n) is 11.5. The second-order valence-corrected chi connectivity index (χ2v) is 9.24. The van der Waals surface area contributed by atoms with Gasteiger partial charge in [-0.1, -0.05) is 71.5 Å². The van der Waals surface area contributed by atoms with Crippen LogP contribution in [0, 0.1) is 6.92 Å². The quantitative estimate of drug-likeness (QED) is 0.345. The molecule has 1 heterocycles. The van der Waals surface area contributed by atoms with Crippen molar-refractivity contribution in [3.8, 4) is 0 Å². The molecule has 1 atom stereocenters. The van der Waals surface area contributed by atoms with Gasteiger partial charge < -0.3 is 5.73 Å². The van der Waals surface area contributed by atoms with Gasteiger partial charge in [-0.15, -0.1) is 0 Å². The van der Waals surface area contributed by atoms with Gasteiger partial charge in [0.1, 0.15) is 5.84 Å². The van der Waals surface area contributed by atoms with E-state index >= 15 is 0 Å². The van der Waals surface area contributed by atoms with Gasteiger partial charge in [-0.2, -0.15) is 0 Å². The average molecular weight is 416 g/mol. The molecule has 2 aliphatic carbocycles. The molecule has 0 spiro atoms. The van der Waals surface area contributed by atoms with Crippen molar-refractivity contribution in [2.24, 2.45) is 10.7 Å². The number of fused-ring (bicyclic) bond motifs is 1. The van der Waals surface area contributed by atoms with Crippen molar-refractivity contribution in [3.63, 3.8) is 0 Å². The fourth-order valence-electron chi connectivity index (χ4n) is 4.73. The summed E-state index contributed by atoms with van der Waals surface area (Å²) in [5.74, 6) is 1.03. The van der Waals surface area contributed by atoms with E-state index in [0.717, 1.165) is 18.4 Å². The molecule has 3 nitrogen and oxygen atoms in total. The van der Waals surface area contributed by atoms with Crippen molar-refractivity contribution in [2.75, 3.05) is 0 Å². The summed E-state index contributed by atoms with van der Waals surface area (Å²) in [5.41, 5.74) is 14.0. The van der Waals surface area contributed by atoms with Crippen LogP contribution in [-0.2, 0) is 17.3 Å². The van der Waals surface area contributed by atoms with Gasteiger partial charge in [0.15, 0.2) is 0 Å². The molecule has 2 N–H and O–H groups in total. The van der Waals surface area contributed by atoms with E-state index in [4.69, 9.17) is 10.7 Å². The first-order chi connectivity index (χ1) is 14.8. The molecule has 3 heteroatoms. The van der Waals surface area contributed by atoms with Crippen molar-refractivity contribution in [3.05, 3.63) is 88.9 Å². The van der Waals surface area contributed by atoms with E-state index in [1.54, 1.807) is 0 Å². The zero-order chi connectivity index (χ0) is 22.8. The number of amidine groups is 1. The molecule has 0 bridgehead atoms. The number of aromatic nitrogens is 1. The monoisotopic (exact) mass is 415 g/mol. The van der Waals surface area contributed by atoms with E-state index in [-0.39, 0.29) is 10.8 Å². The topological polar surface area (TPSA) is 51.3 Å². The molecule has 1 unspecified atom stereocenters. The summed E-state index contributed by atoms with van der Waals surface area (Å²) in [6, 6.07) is 9.20. The first kappa shape index (κ1) is 23.0. The van der Waals surface area contributed by atoms with Gasteiger partial charge in [-0.25, -0.2) is 4.99 Å². The van der Waals surface area contributed by atoms with E-state index < -0.39 is 0 Å². The Balaban J connectivity index is 0.00000132. The predicted octanol–water partition coefficient (Wildman–Crippen LogP) is 6.49. The van der Waals surface area contributed by atoms with Gasteiger partial charge in [0, 0.05) is 29.6 Å². The Morgan fingerprint density at radius 2 is 1.94 bits per heavy atom. The molecular formula is C28H37N3. The molecule has 1 saturated carbocycles. The van der Waals surface area contributed by atoms with Crippen LogP contribution in [0.15, 0.2) is 60.4 Å². The number of hydrogen-bond donors (Lipinski definition) is 1. The normalized spacial score (nSPS) is 20.3. The molecule has 0 amide bonds. The summed E-state index contributed by atoms with van der Waals surface area (Å²) in [4.78, 5) is 8.90. The van der Waals surface area contributed by atoms with Crippen LogP contribution in [0.25, 0.3) is 0 Å². The number of pyridine rings is 1. The molecule has 0 saturated heterocycles. The smallest absolute Gasteiger partial charge is 0.103 e. The molecule has 0 aliphatic heterocycles. The molecule has 2 aromatic rings. The van der Waals surface area contributed by atoms with E-state index in [0.29, 0.717) is 18.2 Å². The van der Waals surface area contributed by atoms with Crippen LogP contribution in [-0.4, -0.2) is 10.8 Å². The fraction of sp³-hybridized carbons (Fsp3) is 0.429. The lowest BCUT2D eigenvalue weighted by Gasteiger charge is -2.33. The standard InChI is InChI=1S/C26H31N3.C2H6/c1-6-28-24(27)14-19-7-8-23(29-16-19)26(11-12-26)21-15-22-20(13-18(21)3)17(2)9-10-25(22,4)5;1-2/h6-10,13,15-17H,1,11-12,14H2,2-5H3,(H2,27,28);1-2H3. The van der Waals surface area contributed by atoms with Crippen LogP contribution >= 0.6 is 0 Å². The minimum atomic E-state index is 0.0544. The maximum atomic E-state index is 5.91. The maximum Gasteiger partial charge on any atom is 0.103 e. The van der Waals surface area contributed by atoms with Gasteiger partial charge in [-0.3, -0.25) is 4.98 Å². The Bertz CT molecular complexity index is 1010. The highest BCUT2D eigenvalue weighted by Gasteiger charge is 2.48. The van der Waals surface area contributed by atoms with Crippen LogP contribution in [0.4, 0.5) is 0 Å². The highest BCUT2D eigenvalue weighted by atomic mass is 14.8. The molecule has 31 heavy (non-hydrogen) atoms. The van der Waals surface area contributed by atoms with Crippen LogP contribution in [0.5, 0.6) is 0 Å². The zero-order valence-corrected chi connectivity index (χ0v) is 20.0. The molecule has 4 rings (SSSR count). The Morgan fingerprint density at radius 1 is 1.23 bits per heavy atom. The summed E-state index contributed by atoms with van der Waals surface area (Å²) in [6.45, 7) is 16.8. The summed E-state index contributed by atoms with van der Waals surface area (Å²) < 4.78 is 0. The van der Waals surface area contributed by atoms with Crippen molar-refractivity contribution in [2.45, 2.75) is 77.6 Å². The molecule has 0 radical (unpaired) electrons. The number of aryl methyl sites for hydroxylation is 1. The Labute approximate surface area is 188 Å². The lowest BCUT2D eigenvalue weighted by atomic mass is 9.71. The molecule has 2 aliphatic rings. The third-order valence-corrected chi connectivity index (χ3v) is 6.61. The lowest BCUT2D eigenvalue weighted by Crippen LogP contribution is -2.23. The first-order valence-corrected chi connectivity index (χ1v) is 11.5. The zero-order valence-electron chi connectivity index (χ0n) is 20.0. The number of aliphatic imine (C=N–C) groups is 1. The average Bonchev–Trinajstić information content (AvgIpc) is 3.55. The van der Waals surface area contributed by atoms with Gasteiger partial charge in [-0.05, 0) is 59.6 Å². The SMILES string of the molecule is C=CN=C(N)Cc1ccc(C2(c3cc4c(cc3C)C(C)C=CC4(C)C)CC2)nc1.CC. The highest BCUT2D eigenvalue weighted by molar-refractivity contribution is 5.83. The Hall–Kier alpha value is -2.68. The number of rotatable bonds is 5. The number of hydrogen-bond acceptors (Lipinski definition) is 2. The number of nitrogens with zero attached hydrogens (tertiary/aromatic N) is 2. The number of nitrogens with two attached hydrogens (primary N) is 1. The molecule has 164 valence electrons. The molecular weight excluding hydrogens is 378 g/mol. The number of allylic oxidation sites excluding steroid dienone is 2. The van der Waals surface area contributed by atoms with Gasteiger partial charge in [0.05, 0.1) is 5.69 Å². The van der Waals surface area contributed by atoms with E-state index in [1.165, 1.54) is 34.1 Å². The van der Waals surface area contributed by atoms with E-state index in [2.05, 4.69) is 75.7 Å². The summed E-state index contributed by atoms with van der Waals surface area (Å²) >= 11 is 0. The Morgan fingerprint density at radius 3 is 2.52 bits per heavy atom. The highest BCUT2D eigenvalue weighted by Crippen LogP contribution is 2.55. The minimum Gasteiger partial charge on any atom is -0.387 e. The summed E-state index contributed by atoms with van der Waals surface area (Å²) in [5, 5.41) is 0. The van der Waals surface area contributed by atoms with Gasteiger partial charge in [0.25, 0.3) is 0 Å². The molecule has 1 fully saturated rings. The van der Waals surface area contributed by atoms with Gasteiger partial charge >= 0.3 is 0 Å². The predicted molar refractivity (Wildman–Crippen MR) is 133 cm³/mol. The third-order valence-electron chi connectivity index (χ3n) is 6.61. The second-order valence-electron chi connectivity index (χ2n) is 9.24. The van der Waals surface area contributed by atoms with E-state index in [1.807, 2.05) is 20.0 Å². The van der Waals surface area contributed by atoms with Gasteiger partial charge in [0.2, 0.25) is 0 Å². The lowest BCUT2D eigenvalue weighted by molar-refractivity contribution is 0.627.